The number of aliphatic imine (C=N–C) groups is 1. The summed E-state index contributed by atoms with van der Waals surface area (Å²) in [7, 11) is 5.62. The minimum Gasteiger partial charge on any atom is -0.396 e. The average Bonchev–Trinajstić information content (AvgIpc) is 4.13. The molecule has 10 N–H and O–H groups in total. The van der Waals surface area contributed by atoms with Crippen LogP contribution < -0.4 is 16.4 Å². The summed E-state index contributed by atoms with van der Waals surface area (Å²) in [5.41, 5.74) is 6.37. The first-order valence-corrected chi connectivity index (χ1v) is 29.1. The highest BCUT2D eigenvalue weighted by atomic mass is 33.1. The molecule has 2 heterocycles. The number of carbonyl (C=O) groups is 1. The molecule has 69 heavy (non-hydrogen) atoms. The van der Waals surface area contributed by atoms with Gasteiger partial charge in [0.2, 0.25) is 0 Å². The predicted octanol–water partition coefficient (Wildman–Crippen LogP) is 6.68. The highest BCUT2D eigenvalue weighted by Gasteiger charge is 2.77. The number of hydrogen-bond donors (Lipinski definition) is 9. The summed E-state index contributed by atoms with van der Waals surface area (Å²) in [5, 5.41) is 80.1. The Labute approximate surface area is 419 Å². The number of aliphatic hydroxyl groups excluding tert-OH is 5. The highest BCUT2D eigenvalue weighted by molar-refractivity contribution is 8.77. The number of rotatable bonds is 7. The number of nitrogens with two attached hydrogens (primary N) is 1. The van der Waals surface area contributed by atoms with E-state index in [4.69, 9.17) is 10.7 Å². The van der Waals surface area contributed by atoms with Crippen molar-refractivity contribution in [1.82, 2.24) is 20.2 Å². The molecule has 0 amide bonds. The second-order valence-electron chi connectivity index (χ2n) is 24.8. The van der Waals surface area contributed by atoms with Gasteiger partial charge in [0.15, 0.2) is 11.7 Å². The van der Waals surface area contributed by atoms with Crippen molar-refractivity contribution in [1.29, 1.82) is 0 Å². The summed E-state index contributed by atoms with van der Waals surface area (Å²) < 4.78 is 1.88. The van der Waals surface area contributed by atoms with Crippen molar-refractivity contribution < 1.29 is 35.4 Å². The topological polar surface area (TPSA) is 219 Å². The van der Waals surface area contributed by atoms with Crippen molar-refractivity contribution in [2.45, 2.75) is 185 Å². The molecular formula is C54H86N6O7S2. The molecule has 15 heteroatoms. The molecule has 7 fully saturated rings. The summed E-state index contributed by atoms with van der Waals surface area (Å²) in [4.78, 5) is 24.6. The Kier molecular flexibility index (Phi) is 14.8. The molecule has 0 radical (unpaired) electrons. The van der Waals surface area contributed by atoms with Crippen LogP contribution in [-0.4, -0.2) is 119 Å². The molecule has 0 aromatic carbocycles. The van der Waals surface area contributed by atoms with Crippen molar-refractivity contribution >= 4 is 33.3 Å². The van der Waals surface area contributed by atoms with Gasteiger partial charge in [-0.15, -0.1) is 0 Å². The van der Waals surface area contributed by atoms with Gasteiger partial charge in [0.25, 0.3) is 0 Å². The van der Waals surface area contributed by atoms with Crippen LogP contribution in [0.3, 0.4) is 0 Å². The van der Waals surface area contributed by atoms with Gasteiger partial charge >= 0.3 is 0 Å². The summed E-state index contributed by atoms with van der Waals surface area (Å²) in [5.74, 6) is -2.32. The lowest BCUT2D eigenvalue weighted by atomic mass is 9.41. The number of hydrogen-bond acceptors (Lipinski definition) is 12. The maximum Gasteiger partial charge on any atom is 0.190 e. The standard InChI is InChI=1S/C54H86N6O7S2/c1-32-38-22-44(54(67)40-21-42(64)46-37(28-56-6)47(66)43(65)26-50(46,5)45(40)35(24-52(38,54)30-61)27-58-48(55)59-33(2)62)53(16-9-10-17-53)69-68-29-36(60-19-18-57-31-60)25-49(3,4)39(20-41(32)63)34-12-11-15-51(23-34)13-7-8-14-51/h18-19,21,31-33,35-38,41,43-47,56,61-63,65-67H,7-17,20,22-30H2,1-6H3,(H3,55,58,59)/b39-34+/t32-,33+,35+,36-,37+,38+,41+,43-,44+,45-,46-,47+,50+,52-,54-/m0/s1. The molecule has 1 aliphatic heterocycles. The van der Waals surface area contributed by atoms with Gasteiger partial charge < -0.3 is 51.6 Å². The van der Waals surface area contributed by atoms with E-state index in [0.29, 0.717) is 36.8 Å². The van der Waals surface area contributed by atoms with Crippen LogP contribution in [0.25, 0.3) is 0 Å². The molecule has 8 aliphatic rings. The Morgan fingerprint density at radius 2 is 1.72 bits per heavy atom. The van der Waals surface area contributed by atoms with Crippen LogP contribution in [-0.2, 0) is 4.79 Å². The molecule has 2 spiro atoms. The van der Waals surface area contributed by atoms with E-state index in [1.54, 1.807) is 20.0 Å². The van der Waals surface area contributed by atoms with Crippen molar-refractivity contribution in [3.63, 3.8) is 0 Å². The number of imidazole rings is 1. The maximum absolute atomic E-state index is 15.2. The van der Waals surface area contributed by atoms with Crippen LogP contribution in [0, 0.1) is 63.1 Å². The number of ketones is 1. The monoisotopic (exact) mass is 995 g/mol. The summed E-state index contributed by atoms with van der Waals surface area (Å²) in [6.07, 6.45) is 19.8. The second-order valence-corrected chi connectivity index (χ2v) is 27.5. The summed E-state index contributed by atoms with van der Waals surface area (Å²) in [6.45, 7) is 10.8. The molecule has 6 saturated carbocycles. The first-order chi connectivity index (χ1) is 32.8. The molecule has 1 aromatic heterocycles. The Hall–Kier alpha value is -1.95. The fourth-order valence-corrected chi connectivity index (χ4v) is 21.4. The normalized spacial score (nSPS) is 43.7. The zero-order valence-corrected chi connectivity index (χ0v) is 44.0. The molecule has 13 nitrogen and oxygen atoms in total. The first-order valence-electron chi connectivity index (χ1n) is 26.8. The molecular weight excluding hydrogens is 909 g/mol. The van der Waals surface area contributed by atoms with Crippen LogP contribution in [0.1, 0.15) is 150 Å². The van der Waals surface area contributed by atoms with Gasteiger partial charge in [0.05, 0.1) is 36.8 Å². The van der Waals surface area contributed by atoms with E-state index in [9.17, 15) is 30.6 Å². The molecule has 1 aromatic rings. The summed E-state index contributed by atoms with van der Waals surface area (Å²) >= 11 is 0. The second kappa shape index (κ2) is 19.7. The molecule has 7 aliphatic carbocycles. The van der Waals surface area contributed by atoms with Gasteiger partial charge in [-0.25, -0.2) is 4.98 Å². The van der Waals surface area contributed by atoms with E-state index in [1.165, 1.54) is 49.7 Å². The number of nitrogens with zero attached hydrogens (tertiary/aromatic N) is 3. The third kappa shape index (κ3) is 8.84. The summed E-state index contributed by atoms with van der Waals surface area (Å²) in [6, 6.07) is 0.136. The number of carbonyl (C=O) groups excluding carboxylic acids is 1. The smallest absolute Gasteiger partial charge is 0.190 e. The number of aromatic nitrogens is 2. The number of guanidine groups is 1. The van der Waals surface area contributed by atoms with Gasteiger partial charge in [-0.1, -0.05) is 86.1 Å². The van der Waals surface area contributed by atoms with Crippen LogP contribution in [0.2, 0.25) is 0 Å². The number of fused-ring (bicyclic) bond motifs is 10. The molecule has 1 saturated heterocycles. The molecule has 386 valence electrons. The minimum atomic E-state index is -1.65. The minimum absolute atomic E-state index is 0.0722. The zero-order valence-electron chi connectivity index (χ0n) is 42.4. The lowest BCUT2D eigenvalue weighted by Gasteiger charge is -2.65. The van der Waals surface area contributed by atoms with Gasteiger partial charge in [-0.2, -0.15) is 0 Å². The third-order valence-electron chi connectivity index (χ3n) is 20.4. The Bertz CT molecular complexity index is 2100. The van der Waals surface area contributed by atoms with Crippen molar-refractivity contribution in [2.75, 3.05) is 32.5 Å². The lowest BCUT2D eigenvalue weighted by molar-refractivity contribution is -0.195. The number of allylic oxidation sites excluding steroid dienone is 2. The van der Waals surface area contributed by atoms with Crippen molar-refractivity contribution in [3.05, 3.63) is 41.5 Å². The fourth-order valence-electron chi connectivity index (χ4n) is 17.6. The fraction of sp³-hybridized carbons (Fsp3) is 0.833. The number of aliphatic hydroxyl groups is 6. The molecule has 0 unspecified atom stereocenters. The molecule has 2 bridgehead atoms. The molecule has 15 atom stereocenters. The largest absolute Gasteiger partial charge is 0.396 e. The van der Waals surface area contributed by atoms with Crippen LogP contribution in [0.4, 0.5) is 0 Å². The van der Waals surface area contributed by atoms with E-state index in [2.05, 4.69) is 54.1 Å². The van der Waals surface area contributed by atoms with Gasteiger partial charge in [0, 0.05) is 65.2 Å². The van der Waals surface area contributed by atoms with Gasteiger partial charge in [0.1, 0.15) is 6.23 Å². The van der Waals surface area contributed by atoms with Crippen LogP contribution in [0.5, 0.6) is 0 Å². The van der Waals surface area contributed by atoms with E-state index >= 15 is 4.79 Å². The van der Waals surface area contributed by atoms with Crippen molar-refractivity contribution in [3.8, 4) is 0 Å². The predicted molar refractivity (Wildman–Crippen MR) is 275 cm³/mol. The van der Waals surface area contributed by atoms with Gasteiger partial charge in [-0.3, -0.25) is 9.79 Å². The van der Waals surface area contributed by atoms with E-state index in [1.807, 2.05) is 34.1 Å². The zero-order chi connectivity index (χ0) is 49.3. The van der Waals surface area contributed by atoms with Crippen molar-refractivity contribution in [2.24, 2.45) is 73.8 Å². The first kappa shape index (κ1) is 51.9. The maximum atomic E-state index is 15.2. The lowest BCUT2D eigenvalue weighted by Crippen LogP contribution is -2.69. The third-order valence-corrected chi connectivity index (χ3v) is 23.9. The van der Waals surface area contributed by atoms with E-state index < -0.39 is 63.5 Å². The quantitative estimate of drug-likeness (QED) is 0.0459. The van der Waals surface area contributed by atoms with E-state index in [0.717, 1.165) is 50.7 Å². The average molecular weight is 995 g/mol. The van der Waals surface area contributed by atoms with Crippen LogP contribution in [0.15, 0.2) is 46.5 Å². The SMILES string of the molecule is CNC[C@H]1[C@@H](O)[C@@H](O)C[C@]2(C)[C@@H]3C(=CC(=O)[C@H]12)[C@]1(O)[C@@H]2C[C@H]([C@H](C)[C@H](O)C/C(=C4/CCCC5(CCCC5)C4)C(C)(C)C[C@H](n4ccnc4)CSSC24CCCC4)[C@@]1(CO)C[C@@H]3CN=C(N)N[C@@H](C)O. The highest BCUT2D eigenvalue weighted by Crippen LogP contribution is 2.75. The molecule has 9 rings (SSSR count). The Morgan fingerprint density at radius 3 is 2.39 bits per heavy atom. The Balaban J connectivity index is 1.23. The van der Waals surface area contributed by atoms with E-state index in [-0.39, 0.29) is 66.4 Å². The van der Waals surface area contributed by atoms with Gasteiger partial charge in [-0.05, 0) is 149 Å². The Morgan fingerprint density at radius 1 is 1.01 bits per heavy atom. The van der Waals surface area contributed by atoms with Crippen LogP contribution >= 0.6 is 21.6 Å². The number of nitrogens with one attached hydrogen (secondary N) is 2.